The van der Waals surface area contributed by atoms with Crippen molar-refractivity contribution in [2.24, 2.45) is 11.8 Å². The van der Waals surface area contributed by atoms with E-state index in [4.69, 9.17) is 9.26 Å². The zero-order valence-electron chi connectivity index (χ0n) is 13.2. The van der Waals surface area contributed by atoms with Gasteiger partial charge in [0.05, 0.1) is 19.1 Å². The normalized spacial score (nSPS) is 19.9. The molecule has 1 saturated heterocycles. The Labute approximate surface area is 125 Å². The number of piperidine rings is 1. The SMILES string of the molecule is CCOC(=O)[C@H]1CCCN(Cc2nc(CC(C)C)no2)C1. The first kappa shape index (κ1) is 15.9. The largest absolute Gasteiger partial charge is 0.466 e. The number of rotatable bonds is 6. The average molecular weight is 295 g/mol. The summed E-state index contributed by atoms with van der Waals surface area (Å²) in [6.07, 6.45) is 2.73. The van der Waals surface area contributed by atoms with Gasteiger partial charge in [-0.25, -0.2) is 0 Å². The maximum Gasteiger partial charge on any atom is 0.310 e. The molecule has 0 N–H and O–H groups in total. The van der Waals surface area contributed by atoms with E-state index in [2.05, 4.69) is 28.9 Å². The van der Waals surface area contributed by atoms with E-state index in [-0.39, 0.29) is 11.9 Å². The Morgan fingerprint density at radius 3 is 3.05 bits per heavy atom. The molecule has 1 fully saturated rings. The van der Waals surface area contributed by atoms with Gasteiger partial charge in [0.25, 0.3) is 0 Å². The molecule has 118 valence electrons. The number of aromatic nitrogens is 2. The molecule has 1 aliphatic heterocycles. The Morgan fingerprint density at radius 2 is 2.33 bits per heavy atom. The van der Waals surface area contributed by atoms with Crippen LogP contribution in [0.3, 0.4) is 0 Å². The molecule has 1 aromatic heterocycles. The topological polar surface area (TPSA) is 68.5 Å². The summed E-state index contributed by atoms with van der Waals surface area (Å²) in [6.45, 7) is 8.82. The van der Waals surface area contributed by atoms with Gasteiger partial charge in [-0.3, -0.25) is 9.69 Å². The van der Waals surface area contributed by atoms with Crippen LogP contribution in [0, 0.1) is 11.8 Å². The lowest BCUT2D eigenvalue weighted by atomic mass is 9.98. The Balaban J connectivity index is 1.87. The number of esters is 1. The zero-order chi connectivity index (χ0) is 15.2. The average Bonchev–Trinajstić information content (AvgIpc) is 2.85. The number of carbonyl (C=O) groups is 1. The second kappa shape index (κ2) is 7.54. The molecule has 6 heteroatoms. The van der Waals surface area contributed by atoms with Crippen molar-refractivity contribution in [1.29, 1.82) is 0 Å². The van der Waals surface area contributed by atoms with Crippen LogP contribution in [0.2, 0.25) is 0 Å². The van der Waals surface area contributed by atoms with Crippen molar-refractivity contribution in [3.63, 3.8) is 0 Å². The van der Waals surface area contributed by atoms with Gasteiger partial charge in [0.1, 0.15) is 0 Å². The van der Waals surface area contributed by atoms with Crippen molar-refractivity contribution in [3.05, 3.63) is 11.7 Å². The van der Waals surface area contributed by atoms with Crippen molar-refractivity contribution in [3.8, 4) is 0 Å². The molecular weight excluding hydrogens is 270 g/mol. The highest BCUT2D eigenvalue weighted by molar-refractivity contribution is 5.72. The van der Waals surface area contributed by atoms with Crippen LogP contribution in [-0.2, 0) is 22.5 Å². The second-order valence-corrected chi connectivity index (χ2v) is 6.03. The molecular formula is C15H25N3O3. The smallest absolute Gasteiger partial charge is 0.310 e. The molecule has 0 aromatic carbocycles. The van der Waals surface area contributed by atoms with Crippen LogP contribution in [0.25, 0.3) is 0 Å². The van der Waals surface area contributed by atoms with E-state index in [1.807, 2.05) is 6.92 Å². The van der Waals surface area contributed by atoms with Gasteiger partial charge in [-0.05, 0) is 32.2 Å². The third-order valence-corrected chi connectivity index (χ3v) is 3.59. The van der Waals surface area contributed by atoms with Crippen LogP contribution in [0.5, 0.6) is 0 Å². The lowest BCUT2D eigenvalue weighted by Gasteiger charge is -2.30. The molecule has 1 aromatic rings. The number of nitrogens with zero attached hydrogens (tertiary/aromatic N) is 3. The maximum atomic E-state index is 11.8. The molecule has 0 bridgehead atoms. The standard InChI is InChI=1S/C15H25N3O3/c1-4-20-15(19)12-6-5-7-18(9-12)10-14-16-13(17-21-14)8-11(2)3/h11-12H,4-10H2,1-3H3/t12-/m0/s1. The molecule has 0 amide bonds. The number of likely N-dealkylation sites (tertiary alicyclic amines) is 1. The first-order valence-electron chi connectivity index (χ1n) is 7.79. The molecule has 2 heterocycles. The van der Waals surface area contributed by atoms with E-state index in [9.17, 15) is 4.79 Å². The fourth-order valence-electron chi connectivity index (χ4n) is 2.65. The molecule has 0 saturated carbocycles. The number of hydrogen-bond donors (Lipinski definition) is 0. The Kier molecular flexibility index (Phi) is 5.73. The fraction of sp³-hybridized carbons (Fsp3) is 0.800. The number of carbonyl (C=O) groups excluding carboxylic acids is 1. The van der Waals surface area contributed by atoms with Crippen LogP contribution in [0.15, 0.2) is 4.52 Å². The highest BCUT2D eigenvalue weighted by atomic mass is 16.5. The first-order chi connectivity index (χ1) is 10.1. The first-order valence-corrected chi connectivity index (χ1v) is 7.79. The summed E-state index contributed by atoms with van der Waals surface area (Å²) in [4.78, 5) is 18.4. The van der Waals surface area contributed by atoms with Crippen LogP contribution in [0.1, 0.15) is 45.3 Å². The summed E-state index contributed by atoms with van der Waals surface area (Å²) in [5, 5.41) is 4.00. The monoisotopic (exact) mass is 295 g/mol. The summed E-state index contributed by atoms with van der Waals surface area (Å²) < 4.78 is 10.4. The summed E-state index contributed by atoms with van der Waals surface area (Å²) in [6, 6.07) is 0. The van der Waals surface area contributed by atoms with Crippen LogP contribution in [0.4, 0.5) is 0 Å². The minimum Gasteiger partial charge on any atom is -0.466 e. The molecule has 0 unspecified atom stereocenters. The van der Waals surface area contributed by atoms with Gasteiger partial charge in [-0.1, -0.05) is 19.0 Å². The Morgan fingerprint density at radius 1 is 1.52 bits per heavy atom. The van der Waals surface area contributed by atoms with Crippen molar-refractivity contribution in [2.45, 2.75) is 46.6 Å². The fourth-order valence-corrected chi connectivity index (χ4v) is 2.65. The van der Waals surface area contributed by atoms with Gasteiger partial charge in [-0.2, -0.15) is 4.98 Å². The highest BCUT2D eigenvalue weighted by Gasteiger charge is 2.27. The molecule has 1 aliphatic rings. The second-order valence-electron chi connectivity index (χ2n) is 6.03. The van der Waals surface area contributed by atoms with Gasteiger partial charge in [0.2, 0.25) is 5.89 Å². The van der Waals surface area contributed by atoms with Crippen LogP contribution >= 0.6 is 0 Å². The summed E-state index contributed by atoms with van der Waals surface area (Å²) in [7, 11) is 0. The molecule has 21 heavy (non-hydrogen) atoms. The summed E-state index contributed by atoms with van der Waals surface area (Å²) >= 11 is 0. The molecule has 6 nitrogen and oxygen atoms in total. The predicted octanol–water partition coefficient (Wildman–Crippen LogP) is 2.04. The minimum atomic E-state index is -0.0896. The van der Waals surface area contributed by atoms with Crippen LogP contribution in [-0.4, -0.2) is 40.7 Å². The molecule has 2 rings (SSSR count). The van der Waals surface area contributed by atoms with Crippen LogP contribution < -0.4 is 0 Å². The molecule has 0 aliphatic carbocycles. The Bertz CT molecular complexity index is 459. The minimum absolute atomic E-state index is 0.0308. The summed E-state index contributed by atoms with van der Waals surface area (Å²) in [5.74, 6) is 1.79. The van der Waals surface area contributed by atoms with Gasteiger partial charge < -0.3 is 9.26 Å². The van der Waals surface area contributed by atoms with E-state index in [0.29, 0.717) is 31.5 Å². The third kappa shape index (κ3) is 4.81. The number of hydrogen-bond acceptors (Lipinski definition) is 6. The van der Waals surface area contributed by atoms with Gasteiger partial charge in [-0.15, -0.1) is 0 Å². The molecule has 1 atom stereocenters. The van der Waals surface area contributed by atoms with Crippen molar-refractivity contribution < 1.29 is 14.1 Å². The quantitative estimate of drug-likeness (QED) is 0.748. The predicted molar refractivity (Wildman–Crippen MR) is 77.5 cm³/mol. The van der Waals surface area contributed by atoms with E-state index in [1.165, 1.54) is 0 Å². The van der Waals surface area contributed by atoms with Gasteiger partial charge in [0, 0.05) is 13.0 Å². The molecule has 0 spiro atoms. The zero-order valence-corrected chi connectivity index (χ0v) is 13.2. The van der Waals surface area contributed by atoms with Crippen molar-refractivity contribution >= 4 is 5.97 Å². The molecule has 0 radical (unpaired) electrons. The van der Waals surface area contributed by atoms with Crippen molar-refractivity contribution in [1.82, 2.24) is 15.0 Å². The lowest BCUT2D eigenvalue weighted by Crippen LogP contribution is -2.39. The third-order valence-electron chi connectivity index (χ3n) is 3.59. The van der Waals surface area contributed by atoms with E-state index < -0.39 is 0 Å². The summed E-state index contributed by atoms with van der Waals surface area (Å²) in [5.41, 5.74) is 0. The van der Waals surface area contributed by atoms with Crippen molar-refractivity contribution in [2.75, 3.05) is 19.7 Å². The van der Waals surface area contributed by atoms with Gasteiger partial charge >= 0.3 is 5.97 Å². The maximum absolute atomic E-state index is 11.8. The lowest BCUT2D eigenvalue weighted by molar-refractivity contribution is -0.150. The number of ether oxygens (including phenoxy) is 1. The Hall–Kier alpha value is -1.43. The van der Waals surface area contributed by atoms with E-state index in [0.717, 1.165) is 31.6 Å². The van der Waals surface area contributed by atoms with E-state index >= 15 is 0 Å². The van der Waals surface area contributed by atoms with Gasteiger partial charge in [0.15, 0.2) is 5.82 Å². The highest BCUT2D eigenvalue weighted by Crippen LogP contribution is 2.19. The van der Waals surface area contributed by atoms with E-state index in [1.54, 1.807) is 0 Å².